The van der Waals surface area contributed by atoms with E-state index >= 15 is 0 Å². The van der Waals surface area contributed by atoms with Gasteiger partial charge in [-0.2, -0.15) is 0 Å². The van der Waals surface area contributed by atoms with E-state index < -0.39 is 5.54 Å². The molecule has 0 aromatic carbocycles. The SMILES string of the molecule is CCNC(C)(C)C(=O)NC1CCN(C(=O)C(C)(C)C)CC1. The molecule has 1 aliphatic rings. The molecule has 0 saturated carbocycles. The van der Waals surface area contributed by atoms with Gasteiger partial charge in [0, 0.05) is 24.5 Å². The highest BCUT2D eigenvalue weighted by Crippen LogP contribution is 2.21. The van der Waals surface area contributed by atoms with Gasteiger partial charge in [-0.25, -0.2) is 0 Å². The smallest absolute Gasteiger partial charge is 0.239 e. The molecule has 2 amide bonds. The maximum Gasteiger partial charge on any atom is 0.239 e. The zero-order chi connectivity index (χ0) is 16.3. The molecule has 21 heavy (non-hydrogen) atoms. The maximum atomic E-state index is 12.2. The molecule has 0 bridgehead atoms. The first-order valence-electron chi connectivity index (χ1n) is 7.93. The topological polar surface area (TPSA) is 61.4 Å². The van der Waals surface area contributed by atoms with Gasteiger partial charge in [0.1, 0.15) is 0 Å². The summed E-state index contributed by atoms with van der Waals surface area (Å²) in [5.41, 5.74) is -0.879. The molecule has 1 aliphatic heterocycles. The van der Waals surface area contributed by atoms with Gasteiger partial charge >= 0.3 is 0 Å². The van der Waals surface area contributed by atoms with E-state index in [-0.39, 0.29) is 23.3 Å². The molecule has 0 atom stereocenters. The van der Waals surface area contributed by atoms with E-state index in [2.05, 4.69) is 10.6 Å². The molecule has 2 N–H and O–H groups in total. The fraction of sp³-hybridized carbons (Fsp3) is 0.875. The highest BCUT2D eigenvalue weighted by Gasteiger charge is 2.33. The monoisotopic (exact) mass is 297 g/mol. The molecule has 1 fully saturated rings. The van der Waals surface area contributed by atoms with Crippen LogP contribution in [0.4, 0.5) is 0 Å². The minimum absolute atomic E-state index is 0.0324. The Balaban J connectivity index is 2.47. The third-order valence-corrected chi connectivity index (χ3v) is 3.95. The van der Waals surface area contributed by atoms with Crippen molar-refractivity contribution < 1.29 is 9.59 Å². The molecule has 0 aromatic heterocycles. The molecule has 0 radical (unpaired) electrons. The summed E-state index contributed by atoms with van der Waals surface area (Å²) < 4.78 is 0. The van der Waals surface area contributed by atoms with Gasteiger partial charge in [0.05, 0.1) is 5.54 Å². The Morgan fingerprint density at radius 2 is 1.62 bits per heavy atom. The molecule has 0 unspecified atom stereocenters. The second-order valence-corrected chi connectivity index (χ2v) is 7.45. The van der Waals surface area contributed by atoms with E-state index in [9.17, 15) is 9.59 Å². The Bertz CT molecular complexity index is 377. The molecule has 5 nitrogen and oxygen atoms in total. The lowest BCUT2D eigenvalue weighted by Gasteiger charge is -2.37. The van der Waals surface area contributed by atoms with Gasteiger partial charge in [0.2, 0.25) is 11.8 Å². The van der Waals surface area contributed by atoms with Crippen LogP contribution in [-0.2, 0) is 9.59 Å². The lowest BCUT2D eigenvalue weighted by atomic mass is 9.92. The van der Waals surface area contributed by atoms with Crippen LogP contribution in [0, 0.1) is 5.41 Å². The highest BCUT2D eigenvalue weighted by molar-refractivity contribution is 5.85. The fourth-order valence-corrected chi connectivity index (χ4v) is 2.59. The summed E-state index contributed by atoms with van der Waals surface area (Å²) in [6.07, 6.45) is 1.66. The minimum atomic E-state index is -0.548. The third kappa shape index (κ3) is 4.99. The molecular weight excluding hydrogens is 266 g/mol. The van der Waals surface area contributed by atoms with Gasteiger partial charge in [0.15, 0.2) is 0 Å². The van der Waals surface area contributed by atoms with E-state index in [1.54, 1.807) is 0 Å². The zero-order valence-electron chi connectivity index (χ0n) is 14.4. The van der Waals surface area contributed by atoms with Crippen molar-refractivity contribution in [2.45, 2.75) is 66.0 Å². The van der Waals surface area contributed by atoms with Crippen molar-refractivity contribution in [2.24, 2.45) is 5.41 Å². The number of hydrogen-bond donors (Lipinski definition) is 2. The van der Waals surface area contributed by atoms with Crippen molar-refractivity contribution in [3.05, 3.63) is 0 Å². The zero-order valence-corrected chi connectivity index (χ0v) is 14.4. The van der Waals surface area contributed by atoms with Crippen molar-refractivity contribution in [2.75, 3.05) is 19.6 Å². The van der Waals surface area contributed by atoms with Crippen molar-refractivity contribution >= 4 is 11.8 Å². The van der Waals surface area contributed by atoms with E-state index in [1.165, 1.54) is 0 Å². The summed E-state index contributed by atoms with van der Waals surface area (Å²) in [5.74, 6) is 0.227. The Labute approximate surface area is 128 Å². The Morgan fingerprint density at radius 1 is 1.10 bits per heavy atom. The number of carbonyl (C=O) groups is 2. The van der Waals surface area contributed by atoms with E-state index in [0.29, 0.717) is 0 Å². The standard InChI is InChI=1S/C16H31N3O2/c1-7-17-16(5,6)13(20)18-12-8-10-19(11-9-12)14(21)15(2,3)4/h12,17H,7-11H2,1-6H3,(H,18,20). The third-order valence-electron chi connectivity index (χ3n) is 3.95. The highest BCUT2D eigenvalue weighted by atomic mass is 16.2. The average Bonchev–Trinajstić information content (AvgIpc) is 2.37. The van der Waals surface area contributed by atoms with Gasteiger partial charge in [-0.3, -0.25) is 9.59 Å². The first kappa shape index (κ1) is 18.0. The van der Waals surface area contributed by atoms with Crippen LogP contribution in [0.15, 0.2) is 0 Å². The van der Waals surface area contributed by atoms with Gasteiger partial charge < -0.3 is 15.5 Å². The fourth-order valence-electron chi connectivity index (χ4n) is 2.59. The summed E-state index contributed by atoms with van der Waals surface area (Å²) >= 11 is 0. The molecule has 0 spiro atoms. The van der Waals surface area contributed by atoms with Gasteiger partial charge in [0.25, 0.3) is 0 Å². The molecule has 0 aliphatic carbocycles. The van der Waals surface area contributed by atoms with Crippen LogP contribution in [0.2, 0.25) is 0 Å². The van der Waals surface area contributed by atoms with Crippen molar-refractivity contribution in [3.63, 3.8) is 0 Å². The van der Waals surface area contributed by atoms with Crippen LogP contribution in [0.3, 0.4) is 0 Å². The maximum absolute atomic E-state index is 12.2. The van der Waals surface area contributed by atoms with Crippen molar-refractivity contribution in [1.82, 2.24) is 15.5 Å². The first-order chi connectivity index (χ1) is 9.58. The van der Waals surface area contributed by atoms with Gasteiger partial charge in [-0.05, 0) is 33.2 Å². The van der Waals surface area contributed by atoms with Crippen molar-refractivity contribution in [3.8, 4) is 0 Å². The molecular formula is C16H31N3O2. The molecule has 122 valence electrons. The second-order valence-electron chi connectivity index (χ2n) is 7.45. The number of likely N-dealkylation sites (N-methyl/N-ethyl adjacent to an activating group) is 1. The Kier molecular flexibility index (Phi) is 5.79. The summed E-state index contributed by atoms with van der Waals surface area (Å²) in [5, 5.41) is 6.28. The van der Waals surface area contributed by atoms with Gasteiger partial charge in [-0.1, -0.05) is 27.7 Å². The minimum Gasteiger partial charge on any atom is -0.352 e. The second kappa shape index (κ2) is 6.77. The lowest BCUT2D eigenvalue weighted by molar-refractivity contribution is -0.140. The van der Waals surface area contributed by atoms with Gasteiger partial charge in [-0.15, -0.1) is 0 Å². The normalized spacial score (nSPS) is 17.7. The summed E-state index contributed by atoms with van der Waals surface area (Å²) in [4.78, 5) is 26.4. The van der Waals surface area contributed by atoms with Crippen molar-refractivity contribution in [1.29, 1.82) is 0 Å². The quantitative estimate of drug-likeness (QED) is 0.827. The summed E-state index contributed by atoms with van der Waals surface area (Å²) in [7, 11) is 0. The number of nitrogens with zero attached hydrogens (tertiary/aromatic N) is 1. The number of rotatable bonds is 4. The summed E-state index contributed by atoms with van der Waals surface area (Å²) in [6, 6.07) is 0.166. The number of piperidine rings is 1. The predicted octanol–water partition coefficient (Wildman–Crippen LogP) is 1.53. The lowest BCUT2D eigenvalue weighted by Crippen LogP contribution is -2.57. The number of hydrogen-bond acceptors (Lipinski definition) is 3. The molecule has 1 rings (SSSR count). The average molecular weight is 297 g/mol. The Morgan fingerprint density at radius 3 is 2.05 bits per heavy atom. The summed E-state index contributed by atoms with van der Waals surface area (Å²) in [6.45, 7) is 13.8. The molecule has 0 aromatic rings. The predicted molar refractivity (Wildman–Crippen MR) is 85.0 cm³/mol. The van der Waals surface area contributed by atoms with E-state index in [4.69, 9.17) is 0 Å². The molecule has 1 saturated heterocycles. The van der Waals surface area contributed by atoms with Crippen LogP contribution < -0.4 is 10.6 Å². The van der Waals surface area contributed by atoms with E-state index in [0.717, 1.165) is 32.5 Å². The van der Waals surface area contributed by atoms with Crippen LogP contribution in [0.1, 0.15) is 54.4 Å². The number of likely N-dealkylation sites (tertiary alicyclic amines) is 1. The van der Waals surface area contributed by atoms with Crippen LogP contribution in [0.25, 0.3) is 0 Å². The van der Waals surface area contributed by atoms with Crippen LogP contribution in [-0.4, -0.2) is 47.9 Å². The molecule has 1 heterocycles. The first-order valence-corrected chi connectivity index (χ1v) is 7.93. The number of carbonyl (C=O) groups excluding carboxylic acids is 2. The number of nitrogens with one attached hydrogen (secondary N) is 2. The number of amides is 2. The van der Waals surface area contributed by atoms with Crippen LogP contribution in [0.5, 0.6) is 0 Å². The molecule has 5 heteroatoms. The largest absolute Gasteiger partial charge is 0.352 e. The Hall–Kier alpha value is -1.10. The van der Waals surface area contributed by atoms with E-state index in [1.807, 2.05) is 46.4 Å². The van der Waals surface area contributed by atoms with Crippen LogP contribution >= 0.6 is 0 Å².